The van der Waals surface area contributed by atoms with Crippen molar-refractivity contribution in [3.63, 3.8) is 0 Å². The van der Waals surface area contributed by atoms with Gasteiger partial charge >= 0.3 is 5.17 Å². The van der Waals surface area contributed by atoms with Gasteiger partial charge in [0.1, 0.15) is 13.1 Å². The van der Waals surface area contributed by atoms with Gasteiger partial charge in [0, 0.05) is 5.75 Å². The van der Waals surface area contributed by atoms with E-state index >= 15 is 0 Å². The molecule has 0 aliphatic carbocycles. The van der Waals surface area contributed by atoms with Crippen molar-refractivity contribution in [3.8, 4) is 0 Å². The van der Waals surface area contributed by atoms with Crippen LogP contribution in [0.2, 0.25) is 0 Å². The normalized spacial score (nSPS) is 14.0. The molecule has 0 saturated heterocycles. The molecule has 0 radical (unpaired) electrons. The molecule has 0 atom stereocenters. The van der Waals surface area contributed by atoms with Crippen molar-refractivity contribution >= 4 is 24.8 Å². The van der Waals surface area contributed by atoms with Gasteiger partial charge in [-0.15, -0.1) is 0 Å². The largest absolute Gasteiger partial charge is 0.744 e. The molecule has 12 heavy (non-hydrogen) atoms. The Bertz CT molecular complexity index is 209. The molecule has 0 saturated carbocycles. The molecule has 0 aromatic carbocycles. The number of nitrogens with one attached hydrogen (secondary N) is 2. The summed E-state index contributed by atoms with van der Waals surface area (Å²) in [6.45, 7) is 4.32. The smallest absolute Gasteiger partial charge is 0.304 e. The Morgan fingerprint density at radius 3 is 2.67 bits per heavy atom. The standard InChI is InChI=1S/C5H10N2S.HO3P/c1-2-8-5-6-3-4-7-5;1-4(2)3/h2-4H2,1H3,(H,6,7);(H,1,2,3). The second-order valence-electron chi connectivity index (χ2n) is 1.84. The summed E-state index contributed by atoms with van der Waals surface area (Å²) < 4.78 is 17.0. The third-order valence-corrected chi connectivity index (χ3v) is 1.85. The van der Waals surface area contributed by atoms with Crippen LogP contribution in [0.5, 0.6) is 0 Å². The summed E-state index contributed by atoms with van der Waals surface area (Å²) in [5, 5.41) is 4.47. The lowest BCUT2D eigenvalue weighted by Crippen LogP contribution is -2.69. The van der Waals surface area contributed by atoms with Gasteiger partial charge in [-0.2, -0.15) is 0 Å². The van der Waals surface area contributed by atoms with E-state index in [0.29, 0.717) is 0 Å². The maximum atomic E-state index is 8.48. The SMILES string of the molecule is CCSC1=[NH+]CCN1.O=P(=O)[O-]. The Morgan fingerprint density at radius 1 is 1.75 bits per heavy atom. The molecule has 0 spiro atoms. The predicted molar refractivity (Wildman–Crippen MR) is 45.3 cm³/mol. The second kappa shape index (κ2) is 7.34. The zero-order chi connectivity index (χ0) is 9.40. The molecule has 0 unspecified atom stereocenters. The molecule has 0 amide bonds. The molecule has 1 aliphatic rings. The fraction of sp³-hybridized carbons (Fsp3) is 0.800. The van der Waals surface area contributed by atoms with Gasteiger partial charge in [-0.05, 0) is 11.8 Å². The van der Waals surface area contributed by atoms with Crippen LogP contribution in [0.15, 0.2) is 0 Å². The maximum Gasteiger partial charge on any atom is 0.304 e. The highest BCUT2D eigenvalue weighted by Crippen LogP contribution is 1.94. The first-order valence-electron chi connectivity index (χ1n) is 3.45. The highest BCUT2D eigenvalue weighted by atomic mass is 32.2. The Kier molecular flexibility index (Phi) is 7.14. The highest BCUT2D eigenvalue weighted by Gasteiger charge is 2.09. The van der Waals surface area contributed by atoms with Crippen molar-refractivity contribution < 1.29 is 19.0 Å². The van der Waals surface area contributed by atoms with E-state index in [9.17, 15) is 0 Å². The van der Waals surface area contributed by atoms with Crippen LogP contribution in [0.25, 0.3) is 0 Å². The van der Waals surface area contributed by atoms with Crippen LogP contribution in [0, 0.1) is 0 Å². The second-order valence-corrected chi connectivity index (χ2v) is 3.56. The van der Waals surface area contributed by atoms with Gasteiger partial charge in [-0.3, -0.25) is 19.4 Å². The molecule has 0 aromatic heterocycles. The number of hydrogen-bond acceptors (Lipinski definition) is 5. The molecule has 1 rings (SSSR count). The van der Waals surface area contributed by atoms with Gasteiger partial charge in [0.15, 0.2) is 0 Å². The van der Waals surface area contributed by atoms with Crippen LogP contribution in [0.4, 0.5) is 0 Å². The third kappa shape index (κ3) is 7.78. The first kappa shape index (κ1) is 11.7. The third-order valence-electron chi connectivity index (χ3n) is 0.985. The van der Waals surface area contributed by atoms with Crippen LogP contribution >= 0.6 is 19.7 Å². The average Bonchev–Trinajstić information content (AvgIpc) is 2.39. The van der Waals surface area contributed by atoms with Gasteiger partial charge in [-0.25, -0.2) is 0 Å². The molecule has 0 aromatic rings. The van der Waals surface area contributed by atoms with Gasteiger partial charge < -0.3 is 4.89 Å². The Balaban J connectivity index is 0.000000261. The lowest BCUT2D eigenvalue weighted by molar-refractivity contribution is -0.441. The molecular weight excluding hydrogens is 199 g/mol. The van der Waals surface area contributed by atoms with Crippen molar-refractivity contribution in [2.75, 3.05) is 18.8 Å². The van der Waals surface area contributed by atoms with E-state index in [4.69, 9.17) is 14.0 Å². The lowest BCUT2D eigenvalue weighted by atomic mass is 10.7. The summed E-state index contributed by atoms with van der Waals surface area (Å²) >= 11 is 1.83. The van der Waals surface area contributed by atoms with E-state index in [1.165, 1.54) is 5.17 Å². The minimum Gasteiger partial charge on any atom is -0.744 e. The molecule has 7 heteroatoms. The summed E-state index contributed by atoms with van der Waals surface area (Å²) in [5.41, 5.74) is 0. The molecular formula is C5H11N2O3PS. The Labute approximate surface area is 75.6 Å². The van der Waals surface area contributed by atoms with E-state index in [1.54, 1.807) is 0 Å². The summed E-state index contributed by atoms with van der Waals surface area (Å²) in [4.78, 5) is 11.7. The average molecular weight is 210 g/mol. The Hall–Kier alpha value is -0.320. The Morgan fingerprint density at radius 2 is 2.33 bits per heavy atom. The molecule has 2 N–H and O–H groups in total. The minimum atomic E-state index is -3.37. The summed E-state index contributed by atoms with van der Waals surface area (Å²) in [5.74, 6) is 1.15. The van der Waals surface area contributed by atoms with E-state index in [0.717, 1.165) is 18.8 Å². The van der Waals surface area contributed by atoms with Crippen molar-refractivity contribution in [1.29, 1.82) is 0 Å². The van der Waals surface area contributed by atoms with Gasteiger partial charge in [0.05, 0.1) is 0 Å². The van der Waals surface area contributed by atoms with Crippen LogP contribution in [0.3, 0.4) is 0 Å². The highest BCUT2D eigenvalue weighted by molar-refractivity contribution is 8.13. The van der Waals surface area contributed by atoms with E-state index in [2.05, 4.69) is 17.2 Å². The molecule has 5 nitrogen and oxygen atoms in total. The van der Waals surface area contributed by atoms with Crippen LogP contribution in [-0.2, 0) is 9.13 Å². The summed E-state index contributed by atoms with van der Waals surface area (Å²) in [6, 6.07) is 0. The van der Waals surface area contributed by atoms with Crippen molar-refractivity contribution in [3.05, 3.63) is 0 Å². The molecule has 1 heterocycles. The van der Waals surface area contributed by atoms with Crippen LogP contribution < -0.4 is 15.2 Å². The van der Waals surface area contributed by atoms with E-state index < -0.39 is 7.91 Å². The van der Waals surface area contributed by atoms with Gasteiger partial charge in [0.25, 0.3) is 0 Å². The zero-order valence-electron chi connectivity index (χ0n) is 6.70. The summed E-state index contributed by atoms with van der Waals surface area (Å²) in [6.07, 6.45) is 0. The number of thioether (sulfide) groups is 1. The maximum absolute atomic E-state index is 8.48. The first-order valence-corrected chi connectivity index (χ1v) is 5.54. The molecule has 1 aliphatic heterocycles. The first-order chi connectivity index (χ1) is 5.66. The fourth-order valence-corrected chi connectivity index (χ4v) is 1.36. The zero-order valence-corrected chi connectivity index (χ0v) is 8.41. The topological polar surface area (TPSA) is 83.2 Å². The van der Waals surface area contributed by atoms with E-state index in [1.807, 2.05) is 11.8 Å². The van der Waals surface area contributed by atoms with Gasteiger partial charge in [0.2, 0.25) is 7.91 Å². The molecule has 0 fully saturated rings. The molecule has 0 bridgehead atoms. The number of amidine groups is 1. The van der Waals surface area contributed by atoms with E-state index in [-0.39, 0.29) is 0 Å². The number of rotatable bonds is 1. The lowest BCUT2D eigenvalue weighted by Gasteiger charge is -1.86. The molecule has 70 valence electrons. The van der Waals surface area contributed by atoms with Crippen molar-refractivity contribution in [1.82, 2.24) is 5.32 Å². The van der Waals surface area contributed by atoms with Crippen molar-refractivity contribution in [2.24, 2.45) is 0 Å². The predicted octanol–water partition coefficient (Wildman–Crippen LogP) is -1.79. The van der Waals surface area contributed by atoms with Crippen molar-refractivity contribution in [2.45, 2.75) is 6.92 Å². The number of hydrogen-bond donors (Lipinski definition) is 2. The van der Waals surface area contributed by atoms with Gasteiger partial charge in [-0.1, -0.05) is 6.92 Å². The minimum absolute atomic E-state index is 1.09. The quantitative estimate of drug-likeness (QED) is 0.500. The van der Waals surface area contributed by atoms with Crippen LogP contribution in [-0.4, -0.2) is 24.0 Å². The monoisotopic (exact) mass is 210 g/mol. The fourth-order valence-electron chi connectivity index (χ4n) is 0.661. The summed E-state index contributed by atoms with van der Waals surface area (Å²) in [7, 11) is -3.37. The van der Waals surface area contributed by atoms with Crippen LogP contribution in [0.1, 0.15) is 6.92 Å².